The highest BCUT2D eigenvalue weighted by molar-refractivity contribution is 5.80. The predicted molar refractivity (Wildman–Crippen MR) is 75.6 cm³/mol. The van der Waals surface area contributed by atoms with E-state index in [4.69, 9.17) is 9.26 Å². The second-order valence-corrected chi connectivity index (χ2v) is 5.39. The predicted octanol–water partition coefficient (Wildman–Crippen LogP) is 1.64. The van der Waals surface area contributed by atoms with Crippen molar-refractivity contribution in [2.24, 2.45) is 5.92 Å². The molecule has 0 unspecified atom stereocenters. The van der Waals surface area contributed by atoms with E-state index in [2.05, 4.69) is 5.16 Å². The van der Waals surface area contributed by atoms with Crippen molar-refractivity contribution in [3.8, 4) is 0 Å². The first-order valence-electron chi connectivity index (χ1n) is 7.39. The summed E-state index contributed by atoms with van der Waals surface area (Å²) in [6.45, 7) is 7.07. The van der Waals surface area contributed by atoms with Gasteiger partial charge in [-0.05, 0) is 33.6 Å². The largest absolute Gasteiger partial charge is 0.466 e. The third-order valence-corrected chi connectivity index (χ3v) is 3.98. The van der Waals surface area contributed by atoms with Crippen molar-refractivity contribution < 1.29 is 18.8 Å². The molecule has 1 aliphatic rings. The van der Waals surface area contributed by atoms with Gasteiger partial charge >= 0.3 is 5.97 Å². The summed E-state index contributed by atoms with van der Waals surface area (Å²) < 4.78 is 10.1. The number of carbonyl (C=O) groups excluding carboxylic acids is 2. The quantitative estimate of drug-likeness (QED) is 0.789. The first-order chi connectivity index (χ1) is 10.0. The number of aromatic nitrogens is 1. The molecular formula is C15H22N2O4. The molecule has 0 bridgehead atoms. The molecule has 6 heteroatoms. The molecule has 0 saturated carbocycles. The minimum atomic E-state index is -0.143. The summed E-state index contributed by atoms with van der Waals surface area (Å²) in [6, 6.07) is 0. The maximum atomic E-state index is 12.3. The highest BCUT2D eigenvalue weighted by Gasteiger charge is 2.28. The standard InChI is InChI=1S/C15H22N2O4/c1-4-20-15(19)12-5-7-17(8-6-12)14(18)9-13-10(2)16-21-11(13)3/h12H,4-9H2,1-3H3. The van der Waals surface area contributed by atoms with Crippen LogP contribution >= 0.6 is 0 Å². The normalized spacial score (nSPS) is 16.0. The average Bonchev–Trinajstić information content (AvgIpc) is 2.79. The SMILES string of the molecule is CCOC(=O)C1CCN(C(=O)Cc2c(C)noc2C)CC1. The zero-order valence-electron chi connectivity index (χ0n) is 12.8. The van der Waals surface area contributed by atoms with Gasteiger partial charge in [0.05, 0.1) is 24.6 Å². The van der Waals surface area contributed by atoms with Crippen LogP contribution < -0.4 is 0 Å². The first kappa shape index (κ1) is 15.5. The van der Waals surface area contributed by atoms with E-state index in [0.717, 1.165) is 11.3 Å². The highest BCUT2D eigenvalue weighted by atomic mass is 16.5. The molecule has 21 heavy (non-hydrogen) atoms. The fourth-order valence-electron chi connectivity index (χ4n) is 2.64. The van der Waals surface area contributed by atoms with Crippen molar-refractivity contribution in [2.75, 3.05) is 19.7 Å². The number of hydrogen-bond donors (Lipinski definition) is 0. The molecule has 0 aromatic carbocycles. The number of hydrogen-bond acceptors (Lipinski definition) is 5. The number of rotatable bonds is 4. The lowest BCUT2D eigenvalue weighted by Crippen LogP contribution is -2.41. The molecule has 0 radical (unpaired) electrons. The van der Waals surface area contributed by atoms with Crippen LogP contribution in [0.2, 0.25) is 0 Å². The Bertz CT molecular complexity index is 496. The monoisotopic (exact) mass is 294 g/mol. The summed E-state index contributed by atoms with van der Waals surface area (Å²) in [4.78, 5) is 25.8. The van der Waals surface area contributed by atoms with Gasteiger partial charge in [-0.1, -0.05) is 5.16 Å². The lowest BCUT2D eigenvalue weighted by Gasteiger charge is -2.31. The molecule has 0 spiro atoms. The van der Waals surface area contributed by atoms with Crippen molar-refractivity contribution in [3.05, 3.63) is 17.0 Å². The number of ether oxygens (including phenoxy) is 1. The lowest BCUT2D eigenvalue weighted by atomic mass is 9.96. The summed E-state index contributed by atoms with van der Waals surface area (Å²) >= 11 is 0. The first-order valence-corrected chi connectivity index (χ1v) is 7.39. The molecule has 2 heterocycles. The molecule has 1 aromatic rings. The van der Waals surface area contributed by atoms with Crippen LogP contribution in [0, 0.1) is 19.8 Å². The molecule has 0 aliphatic carbocycles. The van der Waals surface area contributed by atoms with E-state index in [1.54, 1.807) is 6.92 Å². The summed E-state index contributed by atoms with van der Waals surface area (Å²) in [5.41, 5.74) is 1.63. The van der Waals surface area contributed by atoms with Gasteiger partial charge in [-0.2, -0.15) is 0 Å². The fraction of sp³-hybridized carbons (Fsp3) is 0.667. The Kier molecular flexibility index (Phi) is 4.98. The molecule has 116 valence electrons. The molecule has 0 N–H and O–H groups in total. The number of aryl methyl sites for hydroxylation is 2. The average molecular weight is 294 g/mol. The number of amides is 1. The van der Waals surface area contributed by atoms with Crippen LogP contribution in [0.25, 0.3) is 0 Å². The van der Waals surface area contributed by atoms with Gasteiger partial charge in [-0.15, -0.1) is 0 Å². The molecule has 1 amide bonds. The van der Waals surface area contributed by atoms with E-state index >= 15 is 0 Å². The van der Waals surface area contributed by atoms with Crippen molar-refractivity contribution in [1.82, 2.24) is 10.1 Å². The molecular weight excluding hydrogens is 272 g/mol. The number of carbonyl (C=O) groups is 2. The van der Waals surface area contributed by atoms with Crippen LogP contribution in [0.5, 0.6) is 0 Å². The zero-order chi connectivity index (χ0) is 15.4. The van der Waals surface area contributed by atoms with Crippen LogP contribution in [0.3, 0.4) is 0 Å². The Morgan fingerprint density at radius 1 is 1.33 bits per heavy atom. The maximum absolute atomic E-state index is 12.3. The molecule has 0 atom stereocenters. The van der Waals surface area contributed by atoms with Crippen molar-refractivity contribution in [2.45, 2.75) is 40.0 Å². The van der Waals surface area contributed by atoms with Crippen LogP contribution in [0.4, 0.5) is 0 Å². The third-order valence-electron chi connectivity index (χ3n) is 3.98. The topological polar surface area (TPSA) is 72.6 Å². The highest BCUT2D eigenvalue weighted by Crippen LogP contribution is 2.20. The number of esters is 1. The van der Waals surface area contributed by atoms with E-state index in [9.17, 15) is 9.59 Å². The Labute approximate surface area is 124 Å². The molecule has 6 nitrogen and oxygen atoms in total. The van der Waals surface area contributed by atoms with Crippen LogP contribution in [-0.2, 0) is 20.7 Å². The van der Waals surface area contributed by atoms with Crippen molar-refractivity contribution in [1.29, 1.82) is 0 Å². The smallest absolute Gasteiger partial charge is 0.309 e. The van der Waals surface area contributed by atoms with Gasteiger partial charge in [0, 0.05) is 18.7 Å². The summed E-state index contributed by atoms with van der Waals surface area (Å²) in [5, 5.41) is 3.86. The molecule has 1 aliphatic heterocycles. The summed E-state index contributed by atoms with van der Waals surface area (Å²) in [7, 11) is 0. The van der Waals surface area contributed by atoms with E-state index < -0.39 is 0 Å². The second-order valence-electron chi connectivity index (χ2n) is 5.39. The maximum Gasteiger partial charge on any atom is 0.309 e. The molecule has 2 rings (SSSR count). The van der Waals surface area contributed by atoms with Crippen molar-refractivity contribution in [3.63, 3.8) is 0 Å². The minimum Gasteiger partial charge on any atom is -0.466 e. The van der Waals surface area contributed by atoms with Gasteiger partial charge in [0.2, 0.25) is 5.91 Å². The van der Waals surface area contributed by atoms with Gasteiger partial charge < -0.3 is 14.2 Å². The van der Waals surface area contributed by atoms with Gasteiger partial charge in [-0.25, -0.2) is 0 Å². The number of piperidine rings is 1. The van der Waals surface area contributed by atoms with Gasteiger partial charge in [0.25, 0.3) is 0 Å². The molecule has 1 saturated heterocycles. The van der Waals surface area contributed by atoms with E-state index in [0.29, 0.717) is 44.7 Å². The van der Waals surface area contributed by atoms with E-state index in [1.165, 1.54) is 0 Å². The molecule has 1 aromatic heterocycles. The fourth-order valence-corrected chi connectivity index (χ4v) is 2.64. The second kappa shape index (κ2) is 6.74. The Hall–Kier alpha value is -1.85. The van der Waals surface area contributed by atoms with E-state index in [-0.39, 0.29) is 17.8 Å². The minimum absolute atomic E-state index is 0.0618. The van der Waals surface area contributed by atoms with Crippen LogP contribution in [-0.4, -0.2) is 41.6 Å². The lowest BCUT2D eigenvalue weighted by molar-refractivity contribution is -0.151. The number of likely N-dealkylation sites (tertiary alicyclic amines) is 1. The Morgan fingerprint density at radius 3 is 2.52 bits per heavy atom. The Balaban J connectivity index is 1.87. The van der Waals surface area contributed by atoms with Crippen molar-refractivity contribution >= 4 is 11.9 Å². The number of nitrogens with zero attached hydrogens (tertiary/aromatic N) is 2. The van der Waals surface area contributed by atoms with Gasteiger partial charge in [0.1, 0.15) is 5.76 Å². The van der Waals surface area contributed by atoms with Crippen LogP contribution in [0.15, 0.2) is 4.52 Å². The Morgan fingerprint density at radius 2 is 2.00 bits per heavy atom. The van der Waals surface area contributed by atoms with Gasteiger partial charge in [0.15, 0.2) is 0 Å². The third kappa shape index (κ3) is 3.62. The van der Waals surface area contributed by atoms with Gasteiger partial charge in [-0.3, -0.25) is 9.59 Å². The van der Waals surface area contributed by atoms with Crippen LogP contribution in [0.1, 0.15) is 36.8 Å². The molecule has 1 fully saturated rings. The van der Waals surface area contributed by atoms with E-state index in [1.807, 2.05) is 18.7 Å². The summed E-state index contributed by atoms with van der Waals surface area (Å²) in [5.74, 6) is 0.539. The summed E-state index contributed by atoms with van der Waals surface area (Å²) in [6.07, 6.45) is 1.66. The zero-order valence-corrected chi connectivity index (χ0v) is 12.8.